The van der Waals surface area contributed by atoms with Gasteiger partial charge in [0.15, 0.2) is 0 Å². The highest BCUT2D eigenvalue weighted by Crippen LogP contribution is 2.11. The first-order chi connectivity index (χ1) is 8.85. The van der Waals surface area contributed by atoms with Crippen molar-refractivity contribution in [1.82, 2.24) is 5.32 Å². The van der Waals surface area contributed by atoms with Crippen LogP contribution in [0.3, 0.4) is 0 Å². The van der Waals surface area contributed by atoms with E-state index in [-0.39, 0.29) is 0 Å². The lowest BCUT2D eigenvalue weighted by atomic mass is 10.0. The van der Waals surface area contributed by atoms with E-state index < -0.39 is 0 Å². The van der Waals surface area contributed by atoms with Gasteiger partial charge in [-0.3, -0.25) is 0 Å². The molecule has 0 aromatic heterocycles. The summed E-state index contributed by atoms with van der Waals surface area (Å²) in [5, 5.41) is 3.80. The minimum atomic E-state index is 0.796. The number of nitrogens with one attached hydrogen (secondary N) is 1. The summed E-state index contributed by atoms with van der Waals surface area (Å²) in [6, 6.07) is 0.796. The van der Waals surface area contributed by atoms with E-state index in [1.54, 1.807) is 0 Å². The van der Waals surface area contributed by atoms with Gasteiger partial charge >= 0.3 is 0 Å². The van der Waals surface area contributed by atoms with Crippen LogP contribution in [0.5, 0.6) is 0 Å². The second-order valence-corrected chi connectivity index (χ2v) is 5.70. The molecule has 0 heterocycles. The van der Waals surface area contributed by atoms with Crippen LogP contribution in [-0.2, 0) is 0 Å². The summed E-state index contributed by atoms with van der Waals surface area (Å²) in [7, 11) is 0. The molecule has 0 saturated heterocycles. The second kappa shape index (κ2) is 15.0. The van der Waals surface area contributed by atoms with Crippen molar-refractivity contribution in [1.29, 1.82) is 0 Å². The normalized spacial score (nSPS) is 11.3. The first kappa shape index (κ1) is 18.0. The van der Waals surface area contributed by atoms with E-state index in [9.17, 15) is 0 Å². The van der Waals surface area contributed by atoms with E-state index in [1.807, 2.05) is 0 Å². The molecule has 1 N–H and O–H groups in total. The van der Waals surface area contributed by atoms with Crippen molar-refractivity contribution >= 4 is 0 Å². The zero-order chi connectivity index (χ0) is 13.5. The van der Waals surface area contributed by atoms with Crippen LogP contribution in [0, 0.1) is 0 Å². The lowest BCUT2D eigenvalue weighted by Gasteiger charge is -2.18. The molecule has 0 aliphatic carbocycles. The van der Waals surface area contributed by atoms with Gasteiger partial charge in [-0.1, -0.05) is 78.6 Å². The van der Waals surface area contributed by atoms with Gasteiger partial charge in [0, 0.05) is 6.04 Å². The third kappa shape index (κ3) is 12.4. The summed E-state index contributed by atoms with van der Waals surface area (Å²) in [5.74, 6) is 0. The fourth-order valence-electron chi connectivity index (χ4n) is 2.49. The van der Waals surface area contributed by atoms with Gasteiger partial charge in [0.2, 0.25) is 0 Å². The smallest absolute Gasteiger partial charge is 0.00670 e. The zero-order valence-corrected chi connectivity index (χ0v) is 13.3. The Balaban J connectivity index is 3.60. The fraction of sp³-hybridized carbons (Fsp3) is 1.00. The van der Waals surface area contributed by atoms with Gasteiger partial charge in [-0.15, -0.1) is 0 Å². The number of hydrogen-bond donors (Lipinski definition) is 1. The molecule has 0 radical (unpaired) electrons. The molecule has 0 saturated carbocycles. The molecule has 0 rings (SSSR count). The van der Waals surface area contributed by atoms with E-state index in [1.165, 1.54) is 83.6 Å². The first-order valence-corrected chi connectivity index (χ1v) is 8.58. The monoisotopic (exact) mass is 255 g/mol. The van der Waals surface area contributed by atoms with Gasteiger partial charge in [0.05, 0.1) is 0 Å². The van der Waals surface area contributed by atoms with Crippen molar-refractivity contribution in [2.24, 2.45) is 0 Å². The summed E-state index contributed by atoms with van der Waals surface area (Å²) < 4.78 is 0. The van der Waals surface area contributed by atoms with Crippen molar-refractivity contribution in [2.45, 2.75) is 104 Å². The molecule has 0 aliphatic heterocycles. The van der Waals surface area contributed by atoms with Crippen molar-refractivity contribution < 1.29 is 0 Å². The maximum Gasteiger partial charge on any atom is 0.00670 e. The van der Waals surface area contributed by atoms with Crippen LogP contribution in [0.1, 0.15) is 97.8 Å². The van der Waals surface area contributed by atoms with Crippen LogP contribution in [0.4, 0.5) is 0 Å². The van der Waals surface area contributed by atoms with Crippen LogP contribution < -0.4 is 5.32 Å². The lowest BCUT2D eigenvalue weighted by molar-refractivity contribution is 0.412. The van der Waals surface area contributed by atoms with Gasteiger partial charge in [0.25, 0.3) is 0 Å². The Bertz CT molecular complexity index is 135. The Morgan fingerprint density at radius 3 is 1.61 bits per heavy atom. The van der Waals surface area contributed by atoms with Crippen LogP contribution >= 0.6 is 0 Å². The molecular weight excluding hydrogens is 218 g/mol. The molecule has 0 fully saturated rings. The topological polar surface area (TPSA) is 12.0 Å². The van der Waals surface area contributed by atoms with Crippen LogP contribution in [0.25, 0.3) is 0 Å². The minimum absolute atomic E-state index is 0.796. The molecular formula is C17H37N. The molecule has 0 bridgehead atoms. The van der Waals surface area contributed by atoms with Gasteiger partial charge in [-0.05, 0) is 25.8 Å². The van der Waals surface area contributed by atoms with Gasteiger partial charge < -0.3 is 5.32 Å². The molecule has 0 atom stereocenters. The molecule has 0 spiro atoms. The SMILES string of the molecule is CCCCCCNC(CCCCC)CCCCC. The van der Waals surface area contributed by atoms with E-state index in [0.29, 0.717) is 0 Å². The van der Waals surface area contributed by atoms with Crippen LogP contribution in [0.2, 0.25) is 0 Å². The summed E-state index contributed by atoms with van der Waals surface area (Å²) >= 11 is 0. The largest absolute Gasteiger partial charge is 0.314 e. The Labute approximate surface area is 116 Å². The molecule has 18 heavy (non-hydrogen) atoms. The van der Waals surface area contributed by atoms with Gasteiger partial charge in [-0.2, -0.15) is 0 Å². The van der Waals surface area contributed by atoms with Crippen LogP contribution in [-0.4, -0.2) is 12.6 Å². The minimum Gasteiger partial charge on any atom is -0.314 e. The third-order valence-electron chi connectivity index (χ3n) is 3.78. The van der Waals surface area contributed by atoms with E-state index in [4.69, 9.17) is 0 Å². The summed E-state index contributed by atoms with van der Waals surface area (Å²) in [6.07, 6.45) is 16.6. The van der Waals surface area contributed by atoms with Gasteiger partial charge in [-0.25, -0.2) is 0 Å². The highest BCUT2D eigenvalue weighted by molar-refractivity contribution is 4.67. The maximum absolute atomic E-state index is 3.80. The molecule has 0 aromatic rings. The van der Waals surface area contributed by atoms with Crippen molar-refractivity contribution in [3.8, 4) is 0 Å². The molecule has 110 valence electrons. The average Bonchev–Trinajstić information content (AvgIpc) is 2.38. The predicted molar refractivity (Wildman–Crippen MR) is 84.2 cm³/mol. The molecule has 1 nitrogen and oxygen atoms in total. The lowest BCUT2D eigenvalue weighted by Crippen LogP contribution is -2.30. The highest BCUT2D eigenvalue weighted by Gasteiger charge is 2.06. The zero-order valence-electron chi connectivity index (χ0n) is 13.3. The Morgan fingerprint density at radius 1 is 0.611 bits per heavy atom. The number of hydrogen-bond acceptors (Lipinski definition) is 1. The summed E-state index contributed by atoms with van der Waals surface area (Å²) in [5.41, 5.74) is 0. The average molecular weight is 255 g/mol. The number of unbranched alkanes of at least 4 members (excludes halogenated alkanes) is 7. The molecule has 1 heteroatoms. The predicted octanol–water partition coefficient (Wildman–Crippen LogP) is 5.69. The quantitative estimate of drug-likeness (QED) is 0.393. The summed E-state index contributed by atoms with van der Waals surface area (Å²) in [6.45, 7) is 8.11. The van der Waals surface area contributed by atoms with E-state index in [2.05, 4.69) is 26.1 Å². The maximum atomic E-state index is 3.80. The molecule has 0 unspecified atom stereocenters. The third-order valence-corrected chi connectivity index (χ3v) is 3.78. The fourth-order valence-corrected chi connectivity index (χ4v) is 2.49. The van der Waals surface area contributed by atoms with Crippen molar-refractivity contribution in [2.75, 3.05) is 6.54 Å². The highest BCUT2D eigenvalue weighted by atomic mass is 14.9. The van der Waals surface area contributed by atoms with Crippen molar-refractivity contribution in [3.63, 3.8) is 0 Å². The Kier molecular flexibility index (Phi) is 15.0. The van der Waals surface area contributed by atoms with E-state index in [0.717, 1.165) is 6.04 Å². The standard InChI is InChI=1S/C17H37N/c1-4-7-10-13-16-18-17(14-11-8-5-2)15-12-9-6-3/h17-18H,4-16H2,1-3H3. The van der Waals surface area contributed by atoms with Crippen molar-refractivity contribution in [3.05, 3.63) is 0 Å². The molecule has 0 aromatic carbocycles. The molecule has 0 aliphatic rings. The summed E-state index contributed by atoms with van der Waals surface area (Å²) in [4.78, 5) is 0. The Hall–Kier alpha value is -0.0400. The number of rotatable bonds is 14. The molecule has 0 amide bonds. The van der Waals surface area contributed by atoms with Crippen LogP contribution in [0.15, 0.2) is 0 Å². The first-order valence-electron chi connectivity index (χ1n) is 8.58. The second-order valence-electron chi connectivity index (χ2n) is 5.70. The van der Waals surface area contributed by atoms with Gasteiger partial charge in [0.1, 0.15) is 0 Å². The Morgan fingerprint density at radius 2 is 1.11 bits per heavy atom. The van der Waals surface area contributed by atoms with E-state index >= 15 is 0 Å².